The predicted octanol–water partition coefficient (Wildman–Crippen LogP) is 0.716. The summed E-state index contributed by atoms with van der Waals surface area (Å²) in [6.07, 6.45) is -1.04. The van der Waals surface area contributed by atoms with E-state index in [1.807, 2.05) is 4.90 Å². The van der Waals surface area contributed by atoms with Crippen molar-refractivity contribution in [3.63, 3.8) is 0 Å². The first-order valence-corrected chi connectivity index (χ1v) is 9.13. The number of rotatable bonds is 5. The van der Waals surface area contributed by atoms with Crippen molar-refractivity contribution in [2.75, 3.05) is 36.0 Å². The molecule has 150 valence electrons. The number of ether oxygens (including phenoxy) is 1. The number of fused-ring (bicyclic) bond motifs is 1. The summed E-state index contributed by atoms with van der Waals surface area (Å²) >= 11 is 0. The lowest BCUT2D eigenvalue weighted by Crippen LogP contribution is -2.33. The maximum Gasteiger partial charge on any atom is 0.414 e. The van der Waals surface area contributed by atoms with Crippen molar-refractivity contribution in [1.82, 2.24) is 5.32 Å². The molecule has 9 nitrogen and oxygen atoms in total. The molecular formula is C18H22FN5O4. The van der Waals surface area contributed by atoms with Gasteiger partial charge in [0.1, 0.15) is 17.8 Å². The standard InChI is InChI=1S/C18H22FN5O4/c1-9(25)21-5-11-6-24(18(26)28-11)10-2-3-15(14(19)4-10)23-7-12-13(8-23)16(12)17(20)22-27/h2-4,11-13,16,27H,5-8H2,1H3,(H2,20,22)(H,21,25)/t11-,12?,13?,16?/m0/s1. The van der Waals surface area contributed by atoms with E-state index in [9.17, 15) is 14.0 Å². The molecule has 2 saturated heterocycles. The van der Waals surface area contributed by atoms with Crippen molar-refractivity contribution in [3.8, 4) is 0 Å². The SMILES string of the molecule is CC(=O)NC[C@H]1CN(c2ccc(N3CC4C(C3)C4/C(N)=N/O)c(F)c2)C(=O)O1. The molecule has 2 unspecified atom stereocenters. The van der Waals surface area contributed by atoms with Gasteiger partial charge in [-0.2, -0.15) is 0 Å². The molecule has 3 atom stereocenters. The Balaban J connectivity index is 1.41. The largest absolute Gasteiger partial charge is 0.442 e. The second-order valence-electron chi connectivity index (χ2n) is 7.47. The van der Waals surface area contributed by atoms with Gasteiger partial charge in [-0.25, -0.2) is 9.18 Å². The number of amides is 2. The number of halogens is 1. The van der Waals surface area contributed by atoms with Crippen molar-refractivity contribution < 1.29 is 23.9 Å². The highest BCUT2D eigenvalue weighted by Crippen LogP contribution is 2.52. The zero-order valence-electron chi connectivity index (χ0n) is 15.3. The molecule has 4 rings (SSSR count). The van der Waals surface area contributed by atoms with Gasteiger partial charge in [0.2, 0.25) is 5.91 Å². The molecule has 3 fully saturated rings. The summed E-state index contributed by atoms with van der Waals surface area (Å²) in [6, 6.07) is 4.66. The van der Waals surface area contributed by atoms with Crippen molar-refractivity contribution in [2.24, 2.45) is 28.6 Å². The summed E-state index contributed by atoms with van der Waals surface area (Å²) in [4.78, 5) is 26.4. The third-order valence-electron chi connectivity index (χ3n) is 5.69. The van der Waals surface area contributed by atoms with Crippen LogP contribution in [0.25, 0.3) is 0 Å². The zero-order chi connectivity index (χ0) is 20.0. The number of oxime groups is 1. The summed E-state index contributed by atoms with van der Waals surface area (Å²) in [5.74, 6) is 0.242. The van der Waals surface area contributed by atoms with E-state index in [-0.39, 0.29) is 42.6 Å². The van der Waals surface area contributed by atoms with Crippen LogP contribution >= 0.6 is 0 Å². The fraction of sp³-hybridized carbons (Fsp3) is 0.500. The Morgan fingerprint density at radius 2 is 2.11 bits per heavy atom. The summed E-state index contributed by atoms with van der Waals surface area (Å²) in [6.45, 7) is 3.14. The third-order valence-corrected chi connectivity index (χ3v) is 5.69. The van der Waals surface area contributed by atoms with E-state index >= 15 is 0 Å². The van der Waals surface area contributed by atoms with Gasteiger partial charge in [-0.3, -0.25) is 9.69 Å². The van der Waals surface area contributed by atoms with Gasteiger partial charge in [0.25, 0.3) is 0 Å². The number of nitrogens with one attached hydrogen (secondary N) is 1. The van der Waals surface area contributed by atoms with E-state index in [1.54, 1.807) is 12.1 Å². The molecule has 0 aromatic heterocycles. The Labute approximate surface area is 160 Å². The molecule has 1 saturated carbocycles. The molecule has 28 heavy (non-hydrogen) atoms. The van der Waals surface area contributed by atoms with Crippen LogP contribution in [0.15, 0.2) is 23.4 Å². The van der Waals surface area contributed by atoms with Crippen molar-refractivity contribution in [2.45, 2.75) is 13.0 Å². The Morgan fingerprint density at radius 3 is 2.71 bits per heavy atom. The highest BCUT2D eigenvalue weighted by molar-refractivity contribution is 5.90. The highest BCUT2D eigenvalue weighted by atomic mass is 19.1. The number of piperidine rings is 1. The number of carbonyl (C=O) groups is 2. The minimum atomic E-state index is -0.563. The normalized spacial score (nSPS) is 28.9. The molecule has 0 spiro atoms. The Morgan fingerprint density at radius 1 is 1.39 bits per heavy atom. The second-order valence-corrected chi connectivity index (χ2v) is 7.47. The van der Waals surface area contributed by atoms with Crippen LogP contribution in [-0.4, -0.2) is 55.3 Å². The minimum absolute atomic E-state index is 0.0727. The molecule has 0 bridgehead atoms. The lowest BCUT2D eigenvalue weighted by molar-refractivity contribution is -0.119. The zero-order valence-corrected chi connectivity index (χ0v) is 15.3. The maximum absolute atomic E-state index is 14.7. The van der Waals surface area contributed by atoms with Gasteiger partial charge in [-0.05, 0) is 30.0 Å². The molecular weight excluding hydrogens is 369 g/mol. The fourth-order valence-corrected chi connectivity index (χ4v) is 4.24. The molecule has 4 N–H and O–H groups in total. The fourth-order valence-electron chi connectivity index (χ4n) is 4.24. The van der Waals surface area contributed by atoms with Crippen LogP contribution in [0.2, 0.25) is 0 Å². The summed E-state index contributed by atoms with van der Waals surface area (Å²) in [5, 5.41) is 14.5. The Kier molecular flexibility index (Phi) is 4.48. The molecule has 1 aromatic carbocycles. The summed E-state index contributed by atoms with van der Waals surface area (Å²) < 4.78 is 19.9. The van der Waals surface area contributed by atoms with Gasteiger partial charge < -0.3 is 25.9 Å². The van der Waals surface area contributed by atoms with Crippen LogP contribution in [0.5, 0.6) is 0 Å². The van der Waals surface area contributed by atoms with Gasteiger partial charge in [-0.15, -0.1) is 0 Å². The first kappa shape index (κ1) is 18.3. The number of hydrogen-bond acceptors (Lipinski definition) is 6. The number of nitrogens with zero attached hydrogens (tertiary/aromatic N) is 3. The number of hydrogen-bond donors (Lipinski definition) is 3. The first-order chi connectivity index (χ1) is 13.4. The van der Waals surface area contributed by atoms with Crippen LogP contribution < -0.4 is 20.9 Å². The van der Waals surface area contributed by atoms with E-state index < -0.39 is 18.0 Å². The Bertz CT molecular complexity index is 835. The van der Waals surface area contributed by atoms with E-state index in [4.69, 9.17) is 15.7 Å². The first-order valence-electron chi connectivity index (χ1n) is 9.13. The van der Waals surface area contributed by atoms with Crippen LogP contribution in [0, 0.1) is 23.6 Å². The molecule has 10 heteroatoms. The van der Waals surface area contributed by atoms with Crippen molar-refractivity contribution in [3.05, 3.63) is 24.0 Å². The van der Waals surface area contributed by atoms with Crippen molar-refractivity contribution >= 4 is 29.2 Å². The van der Waals surface area contributed by atoms with Gasteiger partial charge in [0, 0.05) is 25.9 Å². The average Bonchev–Trinajstić information content (AvgIpc) is 2.99. The topological polar surface area (TPSA) is 120 Å². The lowest BCUT2D eigenvalue weighted by Gasteiger charge is -2.23. The van der Waals surface area contributed by atoms with Crippen molar-refractivity contribution in [1.29, 1.82) is 0 Å². The highest BCUT2D eigenvalue weighted by Gasteiger charge is 2.58. The molecule has 0 radical (unpaired) electrons. The third kappa shape index (κ3) is 3.19. The number of carbonyl (C=O) groups excluding carboxylic acids is 2. The number of amidine groups is 1. The molecule has 3 aliphatic rings. The molecule has 2 aliphatic heterocycles. The van der Waals surface area contributed by atoms with Gasteiger partial charge in [-0.1, -0.05) is 5.16 Å². The van der Waals surface area contributed by atoms with Crippen LogP contribution in [-0.2, 0) is 9.53 Å². The monoisotopic (exact) mass is 391 g/mol. The van der Waals surface area contributed by atoms with Crippen LogP contribution in [0.1, 0.15) is 6.92 Å². The molecule has 1 aliphatic carbocycles. The van der Waals surface area contributed by atoms with Gasteiger partial charge in [0.05, 0.1) is 24.5 Å². The maximum atomic E-state index is 14.7. The molecule has 2 amide bonds. The van der Waals surface area contributed by atoms with E-state index in [0.29, 0.717) is 24.5 Å². The van der Waals surface area contributed by atoms with E-state index in [1.165, 1.54) is 17.9 Å². The average molecular weight is 391 g/mol. The molecule has 1 aromatic rings. The summed E-state index contributed by atoms with van der Waals surface area (Å²) in [5.41, 5.74) is 6.55. The van der Waals surface area contributed by atoms with Gasteiger partial charge in [0.15, 0.2) is 0 Å². The van der Waals surface area contributed by atoms with E-state index in [2.05, 4.69) is 10.5 Å². The summed E-state index contributed by atoms with van der Waals surface area (Å²) in [7, 11) is 0. The quantitative estimate of drug-likeness (QED) is 0.294. The van der Waals surface area contributed by atoms with Crippen LogP contribution in [0.4, 0.5) is 20.6 Å². The van der Waals surface area contributed by atoms with Crippen LogP contribution in [0.3, 0.4) is 0 Å². The number of benzene rings is 1. The lowest BCUT2D eigenvalue weighted by atomic mass is 10.2. The number of nitrogens with two attached hydrogens (primary N) is 1. The van der Waals surface area contributed by atoms with E-state index in [0.717, 1.165) is 0 Å². The smallest absolute Gasteiger partial charge is 0.414 e. The minimum Gasteiger partial charge on any atom is -0.442 e. The number of anilines is 2. The number of cyclic esters (lactones) is 1. The van der Waals surface area contributed by atoms with Gasteiger partial charge >= 0.3 is 6.09 Å². The second kappa shape index (κ2) is 6.84. The predicted molar refractivity (Wildman–Crippen MR) is 98.8 cm³/mol. The molecule has 2 heterocycles. The Hall–Kier alpha value is -3.04.